The second-order valence-electron chi connectivity index (χ2n) is 14.6. The first-order chi connectivity index (χ1) is 27.7. The number of hydrogen-bond acceptors (Lipinski definition) is 2. The van der Waals surface area contributed by atoms with Gasteiger partial charge in [-0.3, -0.25) is 4.57 Å². The zero-order valence-electron chi connectivity index (χ0n) is 31.2. The second-order valence-corrected chi connectivity index (χ2v) is 14.6. The number of rotatable bonds is 8. The minimum absolute atomic E-state index is 0.667. The molecule has 0 aliphatic rings. The van der Waals surface area contributed by atoms with Crippen LogP contribution < -0.4 is 0 Å². The summed E-state index contributed by atoms with van der Waals surface area (Å²) < 4.78 is 2.24. The molecule has 0 spiro atoms. The van der Waals surface area contributed by atoms with Gasteiger partial charge in [-0.25, -0.2) is 9.97 Å². The van der Waals surface area contributed by atoms with E-state index in [-0.39, 0.29) is 0 Å². The van der Waals surface area contributed by atoms with Gasteiger partial charge in [0.2, 0.25) is 5.95 Å². The van der Waals surface area contributed by atoms with Crippen LogP contribution in [-0.2, 0) is 12.8 Å². The Kier molecular flexibility index (Phi) is 8.53. The van der Waals surface area contributed by atoms with Crippen molar-refractivity contribution >= 4 is 32.7 Å². The number of aromatic nitrogens is 3. The van der Waals surface area contributed by atoms with Crippen LogP contribution in [0.1, 0.15) is 16.7 Å². The Bertz CT molecular complexity index is 3030. The molecule has 0 N–H and O–H groups in total. The molecule has 0 saturated heterocycles. The summed E-state index contributed by atoms with van der Waals surface area (Å²) in [4.78, 5) is 10.5. The van der Waals surface area contributed by atoms with Gasteiger partial charge in [0.25, 0.3) is 0 Å². The molecule has 0 aliphatic heterocycles. The highest BCUT2D eigenvalue weighted by Crippen LogP contribution is 2.37. The highest BCUT2D eigenvalue weighted by molar-refractivity contribution is 6.10. The molecule has 2 heterocycles. The summed E-state index contributed by atoms with van der Waals surface area (Å²) in [5, 5.41) is 3.40. The van der Waals surface area contributed by atoms with Gasteiger partial charge in [-0.15, -0.1) is 0 Å². The Hall–Kier alpha value is -7.10. The molecule has 8 aromatic carbocycles. The van der Waals surface area contributed by atoms with Crippen molar-refractivity contribution in [3.05, 3.63) is 211 Å². The third-order valence-electron chi connectivity index (χ3n) is 11.1. The number of fused-ring (bicyclic) bond motifs is 4. The van der Waals surface area contributed by atoms with Crippen molar-refractivity contribution in [2.24, 2.45) is 0 Å². The molecule has 56 heavy (non-hydrogen) atoms. The van der Waals surface area contributed by atoms with Crippen LogP contribution in [0.3, 0.4) is 0 Å². The van der Waals surface area contributed by atoms with Gasteiger partial charge in [-0.2, -0.15) is 0 Å². The summed E-state index contributed by atoms with van der Waals surface area (Å²) >= 11 is 0. The Morgan fingerprint density at radius 1 is 0.411 bits per heavy atom. The number of nitrogens with zero attached hydrogens (tertiary/aromatic N) is 3. The van der Waals surface area contributed by atoms with Crippen molar-refractivity contribution in [1.29, 1.82) is 0 Å². The predicted octanol–water partition coefficient (Wildman–Crippen LogP) is 13.5. The highest BCUT2D eigenvalue weighted by Gasteiger charge is 2.18. The van der Waals surface area contributed by atoms with Gasteiger partial charge < -0.3 is 0 Å². The maximum absolute atomic E-state index is 5.29. The Morgan fingerprint density at radius 2 is 1.05 bits per heavy atom. The fourth-order valence-corrected chi connectivity index (χ4v) is 8.31. The molecule has 3 nitrogen and oxygen atoms in total. The zero-order valence-corrected chi connectivity index (χ0v) is 31.2. The maximum atomic E-state index is 5.29. The van der Waals surface area contributed by atoms with Crippen LogP contribution in [0.15, 0.2) is 194 Å². The SMILES string of the molecule is Cc1cc(-c2ccc3c4ccccc4n(-c4nc(-c5ccccc5)c5ccccc5n4)c3c2)ccc1-c1ccccc1CCc1cccc(-c2ccccc2)c1. The fourth-order valence-electron chi connectivity index (χ4n) is 8.31. The lowest BCUT2D eigenvalue weighted by molar-refractivity contribution is 0.962. The second kappa shape index (κ2) is 14.3. The predicted molar refractivity (Wildman–Crippen MR) is 234 cm³/mol. The van der Waals surface area contributed by atoms with E-state index < -0.39 is 0 Å². The molecule has 0 bridgehead atoms. The summed E-state index contributed by atoms with van der Waals surface area (Å²) in [5.74, 6) is 0.667. The van der Waals surface area contributed by atoms with E-state index in [9.17, 15) is 0 Å². The lowest BCUT2D eigenvalue weighted by atomic mass is 9.90. The normalized spacial score (nSPS) is 11.4. The summed E-state index contributed by atoms with van der Waals surface area (Å²) in [6, 6.07) is 69.5. The standard InChI is InChI=1S/C53H39N3/c1-36-33-42(29-31-44(36)45-22-9-8-18-39(45)28-27-37-15-14-21-41(34-37)38-16-4-2-5-17-38)43-30-32-47-46-23-11-13-26-50(46)56(51(47)35-43)53-54-49-25-12-10-24-48(49)52(55-53)40-19-6-3-7-20-40/h2-26,29-35H,27-28H2,1H3. The maximum Gasteiger partial charge on any atom is 0.235 e. The van der Waals surface area contributed by atoms with Crippen molar-refractivity contribution in [2.75, 3.05) is 0 Å². The van der Waals surface area contributed by atoms with Gasteiger partial charge in [0, 0.05) is 21.7 Å². The smallest absolute Gasteiger partial charge is 0.235 e. The Labute approximate surface area is 327 Å². The van der Waals surface area contributed by atoms with E-state index in [0.717, 1.165) is 51.6 Å². The quantitative estimate of drug-likeness (QED) is 0.157. The van der Waals surface area contributed by atoms with Crippen molar-refractivity contribution in [2.45, 2.75) is 19.8 Å². The number of hydrogen-bond donors (Lipinski definition) is 0. The molecule has 2 aromatic heterocycles. The minimum Gasteiger partial charge on any atom is -0.278 e. The van der Waals surface area contributed by atoms with Crippen molar-refractivity contribution in [1.82, 2.24) is 14.5 Å². The largest absolute Gasteiger partial charge is 0.278 e. The van der Waals surface area contributed by atoms with Crippen LogP contribution in [0, 0.1) is 6.92 Å². The van der Waals surface area contributed by atoms with E-state index in [1.54, 1.807) is 0 Å². The molecule has 0 amide bonds. The van der Waals surface area contributed by atoms with Crippen molar-refractivity contribution in [3.8, 4) is 50.6 Å². The third kappa shape index (κ3) is 6.14. The van der Waals surface area contributed by atoms with E-state index in [1.807, 2.05) is 12.1 Å². The zero-order chi connectivity index (χ0) is 37.4. The average molecular weight is 718 g/mol. The molecular formula is C53H39N3. The molecule has 10 aromatic rings. The van der Waals surface area contributed by atoms with Crippen molar-refractivity contribution in [3.63, 3.8) is 0 Å². The van der Waals surface area contributed by atoms with Crippen LogP contribution in [0.4, 0.5) is 0 Å². The summed E-state index contributed by atoms with van der Waals surface area (Å²) in [6.07, 6.45) is 1.95. The molecule has 10 rings (SSSR count). The van der Waals surface area contributed by atoms with Gasteiger partial charge in [-0.1, -0.05) is 176 Å². The van der Waals surface area contributed by atoms with Gasteiger partial charge in [0.15, 0.2) is 0 Å². The van der Waals surface area contributed by atoms with E-state index in [2.05, 4.69) is 193 Å². The molecular weight excluding hydrogens is 679 g/mol. The number of aryl methyl sites for hydroxylation is 3. The topological polar surface area (TPSA) is 30.7 Å². The van der Waals surface area contributed by atoms with E-state index >= 15 is 0 Å². The van der Waals surface area contributed by atoms with E-state index in [4.69, 9.17) is 9.97 Å². The average Bonchev–Trinajstić information content (AvgIpc) is 3.60. The summed E-state index contributed by atoms with van der Waals surface area (Å²) in [5.41, 5.74) is 16.5. The summed E-state index contributed by atoms with van der Waals surface area (Å²) in [7, 11) is 0. The molecule has 0 fully saturated rings. The Balaban J connectivity index is 1.02. The van der Waals surface area contributed by atoms with Gasteiger partial charge >= 0.3 is 0 Å². The molecule has 3 heteroatoms. The number of para-hydroxylation sites is 2. The third-order valence-corrected chi connectivity index (χ3v) is 11.1. The van der Waals surface area contributed by atoms with Crippen molar-refractivity contribution < 1.29 is 0 Å². The molecule has 0 saturated carbocycles. The van der Waals surface area contributed by atoms with Crippen LogP contribution >= 0.6 is 0 Å². The monoisotopic (exact) mass is 717 g/mol. The first-order valence-corrected chi connectivity index (χ1v) is 19.4. The first kappa shape index (κ1) is 33.5. The van der Waals surface area contributed by atoms with Crippen LogP contribution in [0.5, 0.6) is 0 Å². The van der Waals surface area contributed by atoms with Crippen LogP contribution in [0.2, 0.25) is 0 Å². The fraction of sp³-hybridized carbons (Fsp3) is 0.0566. The minimum atomic E-state index is 0.667. The lowest BCUT2D eigenvalue weighted by Gasteiger charge is -2.15. The van der Waals surface area contributed by atoms with Gasteiger partial charge in [0.05, 0.1) is 22.2 Å². The molecule has 0 aliphatic carbocycles. The lowest BCUT2D eigenvalue weighted by Crippen LogP contribution is -2.03. The van der Waals surface area contributed by atoms with E-state index in [0.29, 0.717) is 5.95 Å². The van der Waals surface area contributed by atoms with E-state index in [1.165, 1.54) is 55.3 Å². The van der Waals surface area contributed by atoms with Gasteiger partial charge in [0.1, 0.15) is 0 Å². The highest BCUT2D eigenvalue weighted by atomic mass is 15.2. The Morgan fingerprint density at radius 3 is 1.89 bits per heavy atom. The van der Waals surface area contributed by atoms with Gasteiger partial charge in [-0.05, 0) is 88.0 Å². The molecule has 0 unspecified atom stereocenters. The van der Waals surface area contributed by atoms with Crippen LogP contribution in [0.25, 0.3) is 83.3 Å². The molecule has 0 radical (unpaired) electrons. The molecule has 266 valence electrons. The van der Waals surface area contributed by atoms with Crippen LogP contribution in [-0.4, -0.2) is 14.5 Å². The number of benzene rings is 8. The molecule has 0 atom stereocenters. The first-order valence-electron chi connectivity index (χ1n) is 19.4. The summed E-state index contributed by atoms with van der Waals surface area (Å²) in [6.45, 7) is 2.24.